The minimum Gasteiger partial charge on any atom is -0.394 e. The van der Waals surface area contributed by atoms with Crippen LogP contribution in [0.15, 0.2) is 30.3 Å². The van der Waals surface area contributed by atoms with Gasteiger partial charge >= 0.3 is 0 Å². The number of alkyl halides is 2. The Balaban J connectivity index is 2.88. The molecule has 1 rings (SSSR count). The molecule has 0 aliphatic carbocycles. The molecule has 1 aromatic carbocycles. The molecule has 0 aromatic heterocycles. The van der Waals surface area contributed by atoms with E-state index in [0.29, 0.717) is 0 Å². The third kappa shape index (κ3) is 4.57. The zero-order valence-corrected chi connectivity index (χ0v) is 10.7. The summed E-state index contributed by atoms with van der Waals surface area (Å²) in [6.07, 6.45) is -2.78. The number of aliphatic hydroxyl groups is 1. The number of hydrogen-bond acceptors (Lipinski definition) is 3. The molecule has 4 nitrogen and oxygen atoms in total. The summed E-state index contributed by atoms with van der Waals surface area (Å²) < 4.78 is 25.8. The molecule has 1 amide bonds. The standard InChI is InChI=1S/C13H18F2N2O2/c1-16-7-12(19)17(11(9-18)13(14)15)8-10-5-3-2-4-6-10/h2-6,11,13,16,18H,7-9H2,1H3/t11-/m0/s1. The Hall–Kier alpha value is -1.53. The number of nitrogens with zero attached hydrogens (tertiary/aromatic N) is 1. The van der Waals surface area contributed by atoms with Crippen molar-refractivity contribution in [1.82, 2.24) is 10.2 Å². The molecule has 0 heterocycles. The van der Waals surface area contributed by atoms with E-state index in [1.807, 2.05) is 0 Å². The van der Waals surface area contributed by atoms with Crippen molar-refractivity contribution < 1.29 is 18.7 Å². The van der Waals surface area contributed by atoms with Crippen LogP contribution < -0.4 is 5.32 Å². The highest BCUT2D eigenvalue weighted by atomic mass is 19.3. The van der Waals surface area contributed by atoms with E-state index < -0.39 is 25.0 Å². The van der Waals surface area contributed by atoms with E-state index in [0.717, 1.165) is 10.5 Å². The van der Waals surface area contributed by atoms with Crippen LogP contribution in [-0.4, -0.2) is 48.6 Å². The van der Waals surface area contributed by atoms with Gasteiger partial charge in [0.1, 0.15) is 6.04 Å². The fraction of sp³-hybridized carbons (Fsp3) is 0.462. The summed E-state index contributed by atoms with van der Waals surface area (Å²) in [5.41, 5.74) is 0.742. The third-order valence-electron chi connectivity index (χ3n) is 2.72. The molecule has 106 valence electrons. The number of rotatable bonds is 7. The Morgan fingerprint density at radius 2 is 2.00 bits per heavy atom. The van der Waals surface area contributed by atoms with Crippen LogP contribution in [0.4, 0.5) is 8.78 Å². The molecule has 6 heteroatoms. The smallest absolute Gasteiger partial charge is 0.260 e. The maximum atomic E-state index is 12.9. The van der Waals surface area contributed by atoms with E-state index >= 15 is 0 Å². The van der Waals surface area contributed by atoms with Crippen molar-refractivity contribution in [3.8, 4) is 0 Å². The average Bonchev–Trinajstić information content (AvgIpc) is 2.39. The molecule has 19 heavy (non-hydrogen) atoms. The lowest BCUT2D eigenvalue weighted by molar-refractivity contribution is -0.138. The number of likely N-dealkylation sites (N-methyl/N-ethyl adjacent to an activating group) is 1. The van der Waals surface area contributed by atoms with Crippen molar-refractivity contribution >= 4 is 5.91 Å². The maximum absolute atomic E-state index is 12.9. The van der Waals surface area contributed by atoms with Crippen LogP contribution in [0.5, 0.6) is 0 Å². The highest BCUT2D eigenvalue weighted by Crippen LogP contribution is 2.14. The van der Waals surface area contributed by atoms with Gasteiger partial charge in [0.2, 0.25) is 5.91 Å². The first kappa shape index (κ1) is 15.5. The highest BCUT2D eigenvalue weighted by molar-refractivity contribution is 5.78. The van der Waals surface area contributed by atoms with Gasteiger partial charge in [-0.05, 0) is 12.6 Å². The number of halogens is 2. The summed E-state index contributed by atoms with van der Waals surface area (Å²) in [7, 11) is 1.56. The van der Waals surface area contributed by atoms with E-state index in [2.05, 4.69) is 5.32 Å². The predicted molar refractivity (Wildman–Crippen MR) is 67.8 cm³/mol. The first-order valence-electron chi connectivity index (χ1n) is 5.97. The SMILES string of the molecule is CNCC(=O)N(Cc1ccccc1)[C@@H](CO)C(F)F. The van der Waals surface area contributed by atoms with E-state index in [9.17, 15) is 13.6 Å². The van der Waals surface area contributed by atoms with Crippen LogP contribution in [0.3, 0.4) is 0 Å². The number of nitrogens with one attached hydrogen (secondary N) is 1. The van der Waals surface area contributed by atoms with Gasteiger partial charge in [-0.3, -0.25) is 4.79 Å². The second kappa shape index (κ2) is 7.81. The molecular formula is C13H18F2N2O2. The predicted octanol–water partition coefficient (Wildman–Crippen LogP) is 0.861. The van der Waals surface area contributed by atoms with Crippen molar-refractivity contribution in [3.05, 3.63) is 35.9 Å². The molecule has 0 spiro atoms. The van der Waals surface area contributed by atoms with Gasteiger partial charge in [0.05, 0.1) is 13.2 Å². The Labute approximate surface area is 111 Å². The van der Waals surface area contributed by atoms with Gasteiger partial charge in [-0.15, -0.1) is 0 Å². The van der Waals surface area contributed by atoms with Gasteiger partial charge in [0, 0.05) is 6.54 Å². The lowest BCUT2D eigenvalue weighted by Gasteiger charge is -2.30. The lowest BCUT2D eigenvalue weighted by Crippen LogP contribution is -2.48. The summed E-state index contributed by atoms with van der Waals surface area (Å²) in [5.74, 6) is -0.467. The van der Waals surface area contributed by atoms with Crippen molar-refractivity contribution in [2.75, 3.05) is 20.2 Å². The number of aliphatic hydroxyl groups excluding tert-OH is 1. The van der Waals surface area contributed by atoms with Crippen molar-refractivity contribution in [2.45, 2.75) is 19.0 Å². The number of benzene rings is 1. The Bertz CT molecular complexity index is 387. The second-order valence-corrected chi connectivity index (χ2v) is 4.12. The van der Waals surface area contributed by atoms with Crippen LogP contribution in [0, 0.1) is 0 Å². The van der Waals surface area contributed by atoms with Crippen molar-refractivity contribution in [3.63, 3.8) is 0 Å². The largest absolute Gasteiger partial charge is 0.394 e. The Morgan fingerprint density at radius 1 is 1.37 bits per heavy atom. The van der Waals surface area contributed by atoms with Crippen LogP contribution in [0.25, 0.3) is 0 Å². The molecule has 0 aliphatic heterocycles. The molecule has 2 N–H and O–H groups in total. The minimum absolute atomic E-state index is 0.0456. The molecule has 0 saturated heterocycles. The van der Waals surface area contributed by atoms with E-state index in [-0.39, 0.29) is 13.1 Å². The fourth-order valence-electron chi connectivity index (χ4n) is 1.74. The van der Waals surface area contributed by atoms with Gasteiger partial charge in [-0.25, -0.2) is 8.78 Å². The topological polar surface area (TPSA) is 52.6 Å². The van der Waals surface area contributed by atoms with Crippen LogP contribution in [-0.2, 0) is 11.3 Å². The molecule has 1 atom stereocenters. The lowest BCUT2D eigenvalue weighted by atomic mass is 10.1. The summed E-state index contributed by atoms with van der Waals surface area (Å²) >= 11 is 0. The zero-order chi connectivity index (χ0) is 14.3. The van der Waals surface area contributed by atoms with Crippen LogP contribution in [0.2, 0.25) is 0 Å². The quantitative estimate of drug-likeness (QED) is 0.774. The van der Waals surface area contributed by atoms with Gasteiger partial charge in [-0.1, -0.05) is 30.3 Å². The third-order valence-corrected chi connectivity index (χ3v) is 2.72. The maximum Gasteiger partial charge on any atom is 0.260 e. The normalized spacial score (nSPS) is 12.5. The van der Waals surface area contributed by atoms with E-state index in [4.69, 9.17) is 5.11 Å². The highest BCUT2D eigenvalue weighted by Gasteiger charge is 2.30. The molecule has 0 bridgehead atoms. The Kier molecular flexibility index (Phi) is 6.38. The first-order chi connectivity index (χ1) is 9.10. The summed E-state index contributed by atoms with van der Waals surface area (Å²) in [6, 6.07) is 7.36. The average molecular weight is 272 g/mol. The van der Waals surface area contributed by atoms with Crippen molar-refractivity contribution in [2.24, 2.45) is 0 Å². The molecule has 0 fully saturated rings. The monoisotopic (exact) mass is 272 g/mol. The minimum atomic E-state index is -2.78. The molecule has 0 aliphatic rings. The van der Waals surface area contributed by atoms with Gasteiger partial charge in [-0.2, -0.15) is 0 Å². The zero-order valence-electron chi connectivity index (χ0n) is 10.7. The first-order valence-corrected chi connectivity index (χ1v) is 5.97. The number of carbonyl (C=O) groups excluding carboxylic acids is 1. The van der Waals surface area contributed by atoms with Crippen LogP contribution in [0.1, 0.15) is 5.56 Å². The summed E-state index contributed by atoms with van der Waals surface area (Å²) in [6.45, 7) is -0.757. The Morgan fingerprint density at radius 3 is 2.47 bits per heavy atom. The van der Waals surface area contributed by atoms with Gasteiger partial charge in [0.25, 0.3) is 6.43 Å². The van der Waals surface area contributed by atoms with Crippen molar-refractivity contribution in [1.29, 1.82) is 0 Å². The summed E-state index contributed by atoms with van der Waals surface area (Å²) in [5, 5.41) is 11.7. The van der Waals surface area contributed by atoms with E-state index in [1.54, 1.807) is 37.4 Å². The summed E-state index contributed by atoms with van der Waals surface area (Å²) in [4.78, 5) is 12.9. The van der Waals surface area contributed by atoms with Crippen LogP contribution >= 0.6 is 0 Å². The van der Waals surface area contributed by atoms with Gasteiger partial charge < -0.3 is 15.3 Å². The molecule has 0 radical (unpaired) electrons. The molecule has 1 aromatic rings. The number of hydrogen-bond donors (Lipinski definition) is 2. The molecular weight excluding hydrogens is 254 g/mol. The second-order valence-electron chi connectivity index (χ2n) is 4.12. The molecule has 0 saturated carbocycles. The number of carbonyl (C=O) groups is 1. The van der Waals surface area contributed by atoms with Gasteiger partial charge in [0.15, 0.2) is 0 Å². The number of amides is 1. The fourth-order valence-corrected chi connectivity index (χ4v) is 1.74. The van der Waals surface area contributed by atoms with E-state index in [1.165, 1.54) is 0 Å². The molecule has 0 unspecified atom stereocenters.